The fraction of sp³-hybridized carbons (Fsp3) is 0.250. The van der Waals surface area contributed by atoms with E-state index >= 15 is 0 Å². The molecule has 0 fully saturated rings. The first kappa shape index (κ1) is 18.2. The number of rotatable bonds is 2. The highest BCUT2D eigenvalue weighted by Crippen LogP contribution is 2.47. The number of amides is 1. The minimum Gasteiger partial charge on any atom is -0.336 e. The van der Waals surface area contributed by atoms with Crippen LogP contribution in [0, 0.1) is 0 Å². The van der Waals surface area contributed by atoms with E-state index in [4.69, 9.17) is 0 Å². The van der Waals surface area contributed by atoms with Gasteiger partial charge in [-0.05, 0) is 12.1 Å². The minimum absolute atomic E-state index is 0.183. The van der Waals surface area contributed by atoms with Gasteiger partial charge in [-0.15, -0.1) is 0 Å². The van der Waals surface area contributed by atoms with Crippen LogP contribution in [0.2, 0.25) is 0 Å². The molecular weight excluding hydrogens is 399 g/mol. The molecule has 1 aliphatic heterocycles. The zero-order chi connectivity index (χ0) is 20.4. The summed E-state index contributed by atoms with van der Waals surface area (Å²) in [6, 6.07) is 6.66. The Labute approximate surface area is 158 Å². The Morgan fingerprint density at radius 1 is 1.14 bits per heavy atom. The van der Waals surface area contributed by atoms with Gasteiger partial charge < -0.3 is 10.6 Å². The van der Waals surface area contributed by atoms with Crippen molar-refractivity contribution in [2.24, 2.45) is 14.1 Å². The molecule has 3 aromatic rings. The first-order valence-electron chi connectivity index (χ1n) is 7.90. The van der Waals surface area contributed by atoms with E-state index < -0.39 is 40.3 Å². The topological polar surface area (TPSA) is 98.0 Å². The lowest BCUT2D eigenvalue weighted by atomic mass is 9.92. The number of thiazole rings is 1. The molecule has 1 unspecified atom stereocenters. The summed E-state index contributed by atoms with van der Waals surface area (Å²) in [7, 11) is 2.22. The molecule has 0 saturated carbocycles. The summed E-state index contributed by atoms with van der Waals surface area (Å²) in [5.74, 6) is -2.00. The number of carbonyl (C=O) groups is 1. The lowest BCUT2D eigenvalue weighted by Gasteiger charge is -2.30. The molecule has 3 heterocycles. The maximum absolute atomic E-state index is 14.2. The van der Waals surface area contributed by atoms with Crippen LogP contribution >= 0.6 is 11.3 Å². The van der Waals surface area contributed by atoms with Crippen LogP contribution < -0.4 is 21.9 Å². The summed E-state index contributed by atoms with van der Waals surface area (Å²) in [5, 5.41) is 3.99. The molecule has 0 spiro atoms. The van der Waals surface area contributed by atoms with Crippen molar-refractivity contribution in [2.45, 2.75) is 11.7 Å². The normalized spacial score (nSPS) is 19.0. The van der Waals surface area contributed by atoms with Gasteiger partial charge in [0.25, 0.3) is 11.5 Å². The molecule has 1 atom stereocenters. The highest BCUT2D eigenvalue weighted by Gasteiger charge is 2.68. The van der Waals surface area contributed by atoms with Gasteiger partial charge in [-0.3, -0.25) is 18.7 Å². The van der Waals surface area contributed by atoms with E-state index in [1.807, 2.05) is 5.32 Å². The molecule has 0 saturated heterocycles. The number of hydrogen-bond donors (Lipinski definition) is 2. The van der Waals surface area contributed by atoms with Gasteiger partial charge in [0.1, 0.15) is 11.4 Å². The number of hydrogen-bond acceptors (Lipinski definition) is 6. The molecule has 8 nitrogen and oxygen atoms in total. The van der Waals surface area contributed by atoms with Gasteiger partial charge in [-0.25, -0.2) is 9.78 Å². The monoisotopic (exact) mass is 411 g/mol. The molecule has 1 aliphatic rings. The number of anilines is 2. The largest absolute Gasteiger partial charge is 0.425 e. The number of nitrogens with zero attached hydrogens (tertiary/aromatic N) is 3. The number of nitrogens with one attached hydrogen (secondary N) is 2. The smallest absolute Gasteiger partial charge is 0.336 e. The SMILES string of the molecule is Cn1c2c(c(=O)n(C)c1=O)C(Nc1nc3ccccc3s1)(C(F)(F)F)C(=O)N2. The van der Waals surface area contributed by atoms with Gasteiger partial charge in [0, 0.05) is 14.1 Å². The van der Waals surface area contributed by atoms with Crippen LogP contribution in [0.1, 0.15) is 5.56 Å². The number of fused-ring (bicyclic) bond motifs is 2. The summed E-state index contributed by atoms with van der Waals surface area (Å²) in [6.07, 6.45) is -5.19. The van der Waals surface area contributed by atoms with Crippen molar-refractivity contribution in [3.8, 4) is 0 Å². The van der Waals surface area contributed by atoms with Crippen LogP contribution in [0.3, 0.4) is 0 Å². The Bertz CT molecular complexity index is 1230. The van der Waals surface area contributed by atoms with Crippen LogP contribution in [0.15, 0.2) is 33.9 Å². The maximum atomic E-state index is 14.2. The highest BCUT2D eigenvalue weighted by molar-refractivity contribution is 7.22. The minimum atomic E-state index is -5.19. The summed E-state index contributed by atoms with van der Waals surface area (Å²) < 4.78 is 44.7. The molecule has 2 aromatic heterocycles. The van der Waals surface area contributed by atoms with Gasteiger partial charge in [0.15, 0.2) is 5.13 Å². The first-order valence-corrected chi connectivity index (χ1v) is 8.72. The molecule has 4 rings (SSSR count). The van der Waals surface area contributed by atoms with E-state index in [0.717, 1.165) is 23.0 Å². The molecule has 28 heavy (non-hydrogen) atoms. The van der Waals surface area contributed by atoms with Crippen molar-refractivity contribution in [1.29, 1.82) is 0 Å². The van der Waals surface area contributed by atoms with Crippen molar-refractivity contribution in [2.75, 3.05) is 10.6 Å². The molecular formula is C16H12F3N5O3S. The molecule has 2 N–H and O–H groups in total. The Morgan fingerprint density at radius 2 is 1.82 bits per heavy atom. The average Bonchev–Trinajstić information content (AvgIpc) is 3.17. The summed E-state index contributed by atoms with van der Waals surface area (Å²) in [4.78, 5) is 41.3. The van der Waals surface area contributed by atoms with E-state index in [0.29, 0.717) is 14.8 Å². The maximum Gasteiger partial charge on any atom is 0.425 e. The highest BCUT2D eigenvalue weighted by atomic mass is 32.1. The van der Waals surface area contributed by atoms with Crippen molar-refractivity contribution < 1.29 is 18.0 Å². The number of carbonyl (C=O) groups excluding carboxylic acids is 1. The van der Waals surface area contributed by atoms with E-state index in [1.54, 1.807) is 24.3 Å². The Morgan fingerprint density at radius 3 is 2.46 bits per heavy atom. The zero-order valence-corrected chi connectivity index (χ0v) is 15.2. The second-order valence-corrected chi connectivity index (χ2v) is 7.27. The molecule has 1 aromatic carbocycles. The Kier molecular flexibility index (Phi) is 3.69. The second-order valence-electron chi connectivity index (χ2n) is 6.24. The third-order valence-corrected chi connectivity index (χ3v) is 5.58. The quantitative estimate of drug-likeness (QED) is 0.666. The Balaban J connectivity index is 2.02. The number of benzene rings is 1. The average molecular weight is 411 g/mol. The van der Waals surface area contributed by atoms with E-state index in [1.165, 1.54) is 7.05 Å². The molecule has 146 valence electrons. The van der Waals surface area contributed by atoms with E-state index in [2.05, 4.69) is 10.3 Å². The van der Waals surface area contributed by atoms with Gasteiger partial charge in [-0.1, -0.05) is 23.5 Å². The van der Waals surface area contributed by atoms with E-state index in [9.17, 15) is 27.6 Å². The van der Waals surface area contributed by atoms with E-state index in [-0.39, 0.29) is 5.13 Å². The van der Waals surface area contributed by atoms with Gasteiger partial charge >= 0.3 is 11.9 Å². The van der Waals surface area contributed by atoms with Crippen LogP contribution in [0.25, 0.3) is 10.2 Å². The van der Waals surface area contributed by atoms with Crippen LogP contribution in [0.5, 0.6) is 0 Å². The van der Waals surface area contributed by atoms with Gasteiger partial charge in [0.05, 0.1) is 10.2 Å². The number of halogens is 3. The van der Waals surface area contributed by atoms with Gasteiger partial charge in [0.2, 0.25) is 5.54 Å². The van der Waals surface area contributed by atoms with Crippen LogP contribution in [-0.2, 0) is 24.4 Å². The fourth-order valence-corrected chi connectivity index (χ4v) is 4.11. The summed E-state index contributed by atoms with van der Waals surface area (Å²) in [6.45, 7) is 0. The lowest BCUT2D eigenvalue weighted by molar-refractivity contribution is -0.184. The van der Waals surface area contributed by atoms with Crippen molar-refractivity contribution in [3.63, 3.8) is 0 Å². The number of aromatic nitrogens is 3. The predicted molar refractivity (Wildman–Crippen MR) is 96.5 cm³/mol. The molecule has 0 bridgehead atoms. The van der Waals surface area contributed by atoms with Crippen LogP contribution in [-0.4, -0.2) is 26.2 Å². The predicted octanol–water partition coefficient (Wildman–Crippen LogP) is 1.52. The third-order valence-electron chi connectivity index (χ3n) is 4.63. The van der Waals surface area contributed by atoms with Crippen molar-refractivity contribution in [1.82, 2.24) is 14.1 Å². The lowest BCUT2D eigenvalue weighted by Crippen LogP contribution is -2.57. The first-order chi connectivity index (χ1) is 13.1. The molecule has 12 heteroatoms. The standard InChI is InChI=1S/C16H12F3N5O3S/c1-23-10-9(11(25)24(2)14(23)27)15(12(26)21-10,16(17,18)19)22-13-20-7-5-3-4-6-8(7)28-13/h3-6H,1-2H3,(H,20,22)(H,21,26). The van der Waals surface area contributed by atoms with Crippen LogP contribution in [0.4, 0.5) is 24.1 Å². The molecule has 0 radical (unpaired) electrons. The van der Waals surface area contributed by atoms with Gasteiger partial charge in [-0.2, -0.15) is 13.2 Å². The summed E-state index contributed by atoms with van der Waals surface area (Å²) >= 11 is 0.913. The summed E-state index contributed by atoms with van der Waals surface area (Å²) in [5.41, 5.74) is -5.91. The second kappa shape index (κ2) is 5.67. The fourth-order valence-electron chi connectivity index (χ4n) is 3.19. The zero-order valence-electron chi connectivity index (χ0n) is 14.4. The molecule has 0 aliphatic carbocycles. The number of alkyl halides is 3. The third kappa shape index (κ3) is 2.24. The van der Waals surface area contributed by atoms with Crippen molar-refractivity contribution in [3.05, 3.63) is 50.7 Å². The molecule has 1 amide bonds. The van der Waals surface area contributed by atoms with Crippen molar-refractivity contribution >= 4 is 38.4 Å². The Hall–Kier alpha value is -3.15. The number of para-hydroxylation sites is 1.